The summed E-state index contributed by atoms with van der Waals surface area (Å²) < 4.78 is 0. The standard InChI is InChI=1S/C15H13ClN2OS/c1-10-5-2-3-8-13(10)17-15(20)18-14(19)11-6-4-7-12(16)9-11/h2-9H,1H3,(H2,17,18,19,20). The topological polar surface area (TPSA) is 41.1 Å². The highest BCUT2D eigenvalue weighted by Crippen LogP contribution is 2.13. The van der Waals surface area contributed by atoms with E-state index in [4.69, 9.17) is 23.8 Å². The summed E-state index contributed by atoms with van der Waals surface area (Å²) in [5, 5.41) is 6.38. The van der Waals surface area contributed by atoms with Gasteiger partial charge in [0.25, 0.3) is 5.91 Å². The Balaban J connectivity index is 2.02. The molecular weight excluding hydrogens is 292 g/mol. The molecule has 2 aromatic rings. The molecule has 20 heavy (non-hydrogen) atoms. The van der Waals surface area contributed by atoms with Crippen molar-refractivity contribution in [3.8, 4) is 0 Å². The molecule has 2 rings (SSSR count). The van der Waals surface area contributed by atoms with Gasteiger partial charge in [-0.25, -0.2) is 0 Å². The summed E-state index contributed by atoms with van der Waals surface area (Å²) in [6.45, 7) is 1.96. The van der Waals surface area contributed by atoms with Gasteiger partial charge in [0.2, 0.25) is 0 Å². The fourth-order valence-electron chi connectivity index (χ4n) is 1.67. The smallest absolute Gasteiger partial charge is 0.257 e. The largest absolute Gasteiger partial charge is 0.332 e. The average molecular weight is 305 g/mol. The SMILES string of the molecule is Cc1ccccc1NC(=S)NC(=O)c1cccc(Cl)c1. The summed E-state index contributed by atoms with van der Waals surface area (Å²) in [6.07, 6.45) is 0. The number of hydrogen-bond donors (Lipinski definition) is 2. The van der Waals surface area contributed by atoms with E-state index in [0.29, 0.717) is 10.6 Å². The molecule has 2 aromatic carbocycles. The molecule has 0 aliphatic carbocycles. The van der Waals surface area contributed by atoms with Crippen LogP contribution in [0.25, 0.3) is 0 Å². The first-order valence-electron chi connectivity index (χ1n) is 6.00. The third kappa shape index (κ3) is 3.79. The van der Waals surface area contributed by atoms with Crippen molar-refractivity contribution in [1.29, 1.82) is 0 Å². The predicted octanol–water partition coefficient (Wildman–Crippen LogP) is 3.78. The summed E-state index contributed by atoms with van der Waals surface area (Å²) in [5.41, 5.74) is 2.38. The van der Waals surface area contributed by atoms with Crippen molar-refractivity contribution in [2.24, 2.45) is 0 Å². The zero-order valence-electron chi connectivity index (χ0n) is 10.8. The molecule has 0 atom stereocenters. The molecule has 3 nitrogen and oxygen atoms in total. The Bertz CT molecular complexity index is 658. The molecular formula is C15H13ClN2OS. The Morgan fingerprint density at radius 3 is 2.60 bits per heavy atom. The van der Waals surface area contributed by atoms with Crippen LogP contribution in [0.4, 0.5) is 5.69 Å². The third-order valence-electron chi connectivity index (χ3n) is 2.71. The lowest BCUT2D eigenvalue weighted by atomic mass is 10.2. The molecule has 0 spiro atoms. The number of anilines is 1. The van der Waals surface area contributed by atoms with Crippen molar-refractivity contribution in [3.63, 3.8) is 0 Å². The molecule has 0 aliphatic rings. The molecule has 2 N–H and O–H groups in total. The van der Waals surface area contributed by atoms with Crippen LogP contribution in [0.15, 0.2) is 48.5 Å². The van der Waals surface area contributed by atoms with Gasteiger partial charge < -0.3 is 5.32 Å². The Morgan fingerprint density at radius 1 is 1.15 bits per heavy atom. The molecule has 5 heteroatoms. The van der Waals surface area contributed by atoms with Gasteiger partial charge in [-0.3, -0.25) is 10.1 Å². The first-order chi connectivity index (χ1) is 9.56. The van der Waals surface area contributed by atoms with E-state index in [9.17, 15) is 4.79 Å². The second kappa shape index (κ2) is 6.50. The Hall–Kier alpha value is -1.91. The third-order valence-corrected chi connectivity index (χ3v) is 3.15. The first-order valence-corrected chi connectivity index (χ1v) is 6.78. The van der Waals surface area contributed by atoms with Crippen molar-refractivity contribution in [2.75, 3.05) is 5.32 Å². The number of carbonyl (C=O) groups is 1. The monoisotopic (exact) mass is 304 g/mol. The maximum absolute atomic E-state index is 12.0. The van der Waals surface area contributed by atoms with Gasteiger partial charge in [0, 0.05) is 16.3 Å². The first kappa shape index (κ1) is 14.5. The molecule has 1 amide bonds. The second-order valence-corrected chi connectivity index (χ2v) is 5.08. The van der Waals surface area contributed by atoms with Gasteiger partial charge in [-0.05, 0) is 49.0 Å². The number of aryl methyl sites for hydroxylation is 1. The van der Waals surface area contributed by atoms with Gasteiger partial charge >= 0.3 is 0 Å². The zero-order chi connectivity index (χ0) is 14.5. The van der Waals surface area contributed by atoms with E-state index in [-0.39, 0.29) is 11.0 Å². The van der Waals surface area contributed by atoms with Crippen LogP contribution in [0.3, 0.4) is 0 Å². The van der Waals surface area contributed by atoms with E-state index in [0.717, 1.165) is 11.3 Å². The number of benzene rings is 2. The van der Waals surface area contributed by atoms with Crippen molar-refractivity contribution in [3.05, 3.63) is 64.7 Å². The van der Waals surface area contributed by atoms with Gasteiger partial charge in [0.1, 0.15) is 0 Å². The molecule has 0 bridgehead atoms. The Kier molecular flexibility index (Phi) is 4.71. The Labute approximate surface area is 128 Å². The lowest BCUT2D eigenvalue weighted by molar-refractivity contribution is 0.0977. The molecule has 0 aromatic heterocycles. The minimum atomic E-state index is -0.293. The molecule has 0 saturated carbocycles. The van der Waals surface area contributed by atoms with Gasteiger partial charge in [-0.15, -0.1) is 0 Å². The fraction of sp³-hybridized carbons (Fsp3) is 0.0667. The normalized spacial score (nSPS) is 9.90. The minimum absolute atomic E-state index is 0.254. The molecule has 0 radical (unpaired) electrons. The molecule has 0 fully saturated rings. The number of thiocarbonyl (C=S) groups is 1. The molecule has 0 heterocycles. The fourth-order valence-corrected chi connectivity index (χ4v) is 2.06. The van der Waals surface area contributed by atoms with E-state index in [1.54, 1.807) is 24.3 Å². The molecule has 102 valence electrons. The minimum Gasteiger partial charge on any atom is -0.332 e. The zero-order valence-corrected chi connectivity index (χ0v) is 12.4. The van der Waals surface area contributed by atoms with Gasteiger partial charge in [0.15, 0.2) is 5.11 Å². The number of para-hydroxylation sites is 1. The number of carbonyl (C=O) groups excluding carboxylic acids is 1. The summed E-state index contributed by atoms with van der Waals surface area (Å²) in [4.78, 5) is 12.0. The second-order valence-electron chi connectivity index (χ2n) is 4.23. The quantitative estimate of drug-likeness (QED) is 0.830. The number of nitrogens with one attached hydrogen (secondary N) is 2. The highest BCUT2D eigenvalue weighted by atomic mass is 35.5. The molecule has 0 unspecified atom stereocenters. The highest BCUT2D eigenvalue weighted by Gasteiger charge is 2.08. The summed E-state index contributed by atoms with van der Waals surface area (Å²) in [6, 6.07) is 14.4. The predicted molar refractivity (Wildman–Crippen MR) is 86.3 cm³/mol. The molecule has 0 aliphatic heterocycles. The lowest BCUT2D eigenvalue weighted by Crippen LogP contribution is -2.34. The van der Waals surface area contributed by atoms with Crippen molar-refractivity contribution in [2.45, 2.75) is 6.92 Å². The average Bonchev–Trinajstić information content (AvgIpc) is 2.41. The van der Waals surface area contributed by atoms with Gasteiger partial charge in [-0.2, -0.15) is 0 Å². The van der Waals surface area contributed by atoms with Crippen LogP contribution in [-0.4, -0.2) is 11.0 Å². The van der Waals surface area contributed by atoms with E-state index in [2.05, 4.69) is 10.6 Å². The van der Waals surface area contributed by atoms with Crippen LogP contribution in [0.2, 0.25) is 5.02 Å². The lowest BCUT2D eigenvalue weighted by Gasteiger charge is -2.11. The Morgan fingerprint density at radius 2 is 1.90 bits per heavy atom. The van der Waals surface area contributed by atoms with Crippen LogP contribution in [0, 0.1) is 6.92 Å². The maximum atomic E-state index is 12.0. The van der Waals surface area contributed by atoms with Gasteiger partial charge in [-0.1, -0.05) is 35.9 Å². The highest BCUT2D eigenvalue weighted by molar-refractivity contribution is 7.80. The summed E-state index contributed by atoms with van der Waals surface area (Å²) in [5.74, 6) is -0.293. The number of hydrogen-bond acceptors (Lipinski definition) is 2. The van der Waals surface area contributed by atoms with E-state index in [1.807, 2.05) is 31.2 Å². The van der Waals surface area contributed by atoms with Crippen LogP contribution in [-0.2, 0) is 0 Å². The summed E-state index contributed by atoms with van der Waals surface area (Å²) >= 11 is 11.0. The number of amides is 1. The number of rotatable bonds is 2. The number of halogens is 1. The van der Waals surface area contributed by atoms with Gasteiger partial charge in [0.05, 0.1) is 0 Å². The van der Waals surface area contributed by atoms with Crippen LogP contribution < -0.4 is 10.6 Å². The van der Waals surface area contributed by atoms with E-state index in [1.165, 1.54) is 0 Å². The van der Waals surface area contributed by atoms with Crippen LogP contribution in [0.1, 0.15) is 15.9 Å². The molecule has 0 saturated heterocycles. The van der Waals surface area contributed by atoms with E-state index < -0.39 is 0 Å². The van der Waals surface area contributed by atoms with Crippen molar-refractivity contribution in [1.82, 2.24) is 5.32 Å². The van der Waals surface area contributed by atoms with E-state index >= 15 is 0 Å². The van der Waals surface area contributed by atoms with Crippen LogP contribution in [0.5, 0.6) is 0 Å². The van der Waals surface area contributed by atoms with Crippen molar-refractivity contribution < 1.29 is 4.79 Å². The summed E-state index contributed by atoms with van der Waals surface area (Å²) in [7, 11) is 0. The van der Waals surface area contributed by atoms with Crippen molar-refractivity contribution >= 4 is 40.5 Å². The van der Waals surface area contributed by atoms with Crippen LogP contribution >= 0.6 is 23.8 Å². The maximum Gasteiger partial charge on any atom is 0.257 e.